The molecule has 0 fully saturated rings. The Labute approximate surface area is 339 Å². The molecule has 0 amide bonds. The van der Waals surface area contributed by atoms with Gasteiger partial charge in [0.25, 0.3) is 7.82 Å². The summed E-state index contributed by atoms with van der Waals surface area (Å²) < 4.78 is 34.3. The summed E-state index contributed by atoms with van der Waals surface area (Å²) in [5, 5.41) is 0. The first kappa shape index (κ1) is 53.3. The Morgan fingerprint density at radius 3 is 1.51 bits per heavy atom. The summed E-state index contributed by atoms with van der Waals surface area (Å²) in [6.45, 7) is 4.68. The van der Waals surface area contributed by atoms with Gasteiger partial charge in [-0.05, 0) is 57.4 Å². The van der Waals surface area contributed by atoms with Gasteiger partial charge in [0.2, 0.25) is 0 Å². The molecule has 2 atom stereocenters. The maximum Gasteiger partial charge on any atom is 0.306 e. The van der Waals surface area contributed by atoms with Gasteiger partial charge in [-0.25, -0.2) is 0 Å². The second kappa shape index (κ2) is 39.1. The van der Waals surface area contributed by atoms with Crippen LogP contribution in [0.4, 0.5) is 0 Å². The van der Waals surface area contributed by atoms with Crippen LogP contribution in [-0.2, 0) is 27.9 Å². The molecule has 0 saturated heterocycles. The molecule has 0 N–H and O–H groups in total. The molecule has 0 spiro atoms. The summed E-state index contributed by atoms with van der Waals surface area (Å²) in [4.78, 5) is 25.0. The molecule has 0 saturated carbocycles. The molecule has 0 radical (unpaired) electrons. The lowest BCUT2D eigenvalue weighted by Crippen LogP contribution is -2.37. The zero-order valence-corrected chi connectivity index (χ0v) is 37.3. The number of phosphoric ester groups is 1. The van der Waals surface area contributed by atoms with Crippen LogP contribution in [0.5, 0.6) is 0 Å². The van der Waals surface area contributed by atoms with Crippen LogP contribution in [0.1, 0.15) is 187 Å². The number of ether oxygens (including phenoxy) is 2. The first-order valence-electron chi connectivity index (χ1n) is 22.4. The Bertz CT molecular complexity index is 1020. The number of quaternary nitrogens is 1. The first-order chi connectivity index (χ1) is 26.6. The summed E-state index contributed by atoms with van der Waals surface area (Å²) in [5.41, 5.74) is 0. The molecular formula is C46H86NO7P. The topological polar surface area (TPSA) is 94.1 Å². The molecule has 0 aromatic heterocycles. The highest BCUT2D eigenvalue weighted by atomic mass is 31.2. The number of hydrogen-bond acceptors (Lipinski definition) is 7. The van der Waals surface area contributed by atoms with E-state index in [1.165, 1.54) is 128 Å². The van der Waals surface area contributed by atoms with Gasteiger partial charge in [0.1, 0.15) is 19.8 Å². The monoisotopic (exact) mass is 796 g/mol. The van der Waals surface area contributed by atoms with E-state index in [9.17, 15) is 14.3 Å². The average molecular weight is 796 g/mol. The lowest BCUT2D eigenvalue weighted by Gasteiger charge is -2.28. The SMILES string of the molecule is CCCCCCCC/C=C\C/C=C\C/C=C\CCCC(=O)O[C@H](CO/C=C\CCCCCCCCCCCCCCCC)COP(=O)([O-])OCC[N+](C)(C)C. The Kier molecular flexibility index (Phi) is 37.9. The second-order valence-electron chi connectivity index (χ2n) is 16.1. The fourth-order valence-electron chi connectivity index (χ4n) is 5.94. The van der Waals surface area contributed by atoms with Gasteiger partial charge in [0.15, 0.2) is 6.10 Å². The van der Waals surface area contributed by atoms with Crippen LogP contribution in [0.2, 0.25) is 0 Å². The van der Waals surface area contributed by atoms with Crippen LogP contribution >= 0.6 is 7.82 Å². The number of hydrogen-bond donors (Lipinski definition) is 0. The maximum atomic E-state index is 12.6. The van der Waals surface area contributed by atoms with Gasteiger partial charge in [-0.2, -0.15) is 0 Å². The van der Waals surface area contributed by atoms with Gasteiger partial charge in [-0.1, -0.05) is 166 Å². The van der Waals surface area contributed by atoms with E-state index in [0.717, 1.165) is 32.1 Å². The van der Waals surface area contributed by atoms with E-state index in [2.05, 4.69) is 50.3 Å². The van der Waals surface area contributed by atoms with Crippen molar-refractivity contribution in [3.8, 4) is 0 Å². The molecule has 0 aliphatic heterocycles. The van der Waals surface area contributed by atoms with Crippen molar-refractivity contribution in [2.75, 3.05) is 47.5 Å². The number of rotatable bonds is 41. The molecule has 0 rings (SSSR count). The predicted octanol–water partition coefficient (Wildman–Crippen LogP) is 12.9. The highest BCUT2D eigenvalue weighted by Crippen LogP contribution is 2.38. The van der Waals surface area contributed by atoms with Crippen LogP contribution in [-0.4, -0.2) is 64.1 Å². The van der Waals surface area contributed by atoms with Gasteiger partial charge >= 0.3 is 5.97 Å². The molecular weight excluding hydrogens is 709 g/mol. The largest absolute Gasteiger partial charge is 0.756 e. The van der Waals surface area contributed by atoms with Gasteiger partial charge in [-0.3, -0.25) is 9.36 Å². The predicted molar refractivity (Wildman–Crippen MR) is 231 cm³/mol. The fourth-order valence-corrected chi connectivity index (χ4v) is 6.67. The van der Waals surface area contributed by atoms with Crippen molar-refractivity contribution in [2.45, 2.75) is 193 Å². The second-order valence-corrected chi connectivity index (χ2v) is 17.5. The standard InChI is InChI=1S/C46H86NO7P/c1-6-8-10-12-14-16-18-20-22-24-25-27-29-31-33-35-37-39-46(48)54-45(44-53-55(49,50)52-42-40-47(3,4)5)43-51-41-38-36-34-32-30-28-26-23-21-19-17-15-13-11-9-7-2/h20,22,25,27,31,33,38,41,45H,6-19,21,23-24,26,28-30,32,34-37,39-40,42-44H2,1-5H3/b22-20-,27-25-,33-31-,41-38-/t45-/m1/s1. The third kappa shape index (κ3) is 43.3. The minimum Gasteiger partial charge on any atom is -0.756 e. The van der Waals surface area contributed by atoms with E-state index in [-0.39, 0.29) is 26.2 Å². The third-order valence-electron chi connectivity index (χ3n) is 9.45. The van der Waals surface area contributed by atoms with Crippen LogP contribution in [0.25, 0.3) is 0 Å². The maximum absolute atomic E-state index is 12.6. The molecule has 55 heavy (non-hydrogen) atoms. The first-order valence-corrected chi connectivity index (χ1v) is 23.9. The molecule has 0 heterocycles. The molecule has 0 aliphatic carbocycles. The molecule has 1 unspecified atom stereocenters. The molecule has 0 aromatic carbocycles. The minimum absolute atomic E-state index is 0.000331. The molecule has 0 bridgehead atoms. The molecule has 0 aliphatic rings. The van der Waals surface area contributed by atoms with Crippen molar-refractivity contribution in [1.29, 1.82) is 0 Å². The molecule has 9 heteroatoms. The molecule has 8 nitrogen and oxygen atoms in total. The van der Waals surface area contributed by atoms with E-state index in [1.807, 2.05) is 27.2 Å². The van der Waals surface area contributed by atoms with Crippen molar-refractivity contribution in [3.05, 3.63) is 48.8 Å². The van der Waals surface area contributed by atoms with Crippen LogP contribution < -0.4 is 4.89 Å². The Hall–Kier alpha value is -1.70. The summed E-state index contributed by atoms with van der Waals surface area (Å²) in [5.74, 6) is -0.406. The summed E-state index contributed by atoms with van der Waals surface area (Å²) in [7, 11) is 1.29. The van der Waals surface area contributed by atoms with Gasteiger partial charge in [-0.15, -0.1) is 0 Å². The molecule has 0 aromatic rings. The van der Waals surface area contributed by atoms with Crippen molar-refractivity contribution in [3.63, 3.8) is 0 Å². The summed E-state index contributed by atoms with van der Waals surface area (Å²) >= 11 is 0. The third-order valence-corrected chi connectivity index (χ3v) is 10.4. The number of carbonyl (C=O) groups excluding carboxylic acids is 1. The van der Waals surface area contributed by atoms with E-state index < -0.39 is 19.9 Å². The Balaban J connectivity index is 4.37. The number of esters is 1. The van der Waals surface area contributed by atoms with Crippen molar-refractivity contribution in [2.24, 2.45) is 0 Å². The number of phosphoric acid groups is 1. The lowest BCUT2D eigenvalue weighted by molar-refractivity contribution is -0.870. The zero-order chi connectivity index (χ0) is 40.6. The van der Waals surface area contributed by atoms with Gasteiger partial charge in [0, 0.05) is 6.42 Å². The number of allylic oxidation sites excluding steroid dienone is 7. The van der Waals surface area contributed by atoms with Gasteiger partial charge < -0.3 is 27.9 Å². The van der Waals surface area contributed by atoms with E-state index in [0.29, 0.717) is 17.4 Å². The number of nitrogens with zero attached hydrogens (tertiary/aromatic N) is 1. The van der Waals surface area contributed by atoms with Crippen molar-refractivity contribution >= 4 is 13.8 Å². The van der Waals surface area contributed by atoms with E-state index >= 15 is 0 Å². The summed E-state index contributed by atoms with van der Waals surface area (Å²) in [6.07, 6.45) is 48.0. The number of unbranched alkanes of at least 4 members (excludes halogenated alkanes) is 21. The summed E-state index contributed by atoms with van der Waals surface area (Å²) in [6, 6.07) is 0. The Morgan fingerprint density at radius 1 is 0.582 bits per heavy atom. The zero-order valence-electron chi connectivity index (χ0n) is 36.4. The normalized spacial score (nSPS) is 14.1. The lowest BCUT2D eigenvalue weighted by atomic mass is 10.0. The van der Waals surface area contributed by atoms with Crippen LogP contribution in [0.15, 0.2) is 48.8 Å². The van der Waals surface area contributed by atoms with E-state index in [1.54, 1.807) is 6.26 Å². The molecule has 322 valence electrons. The number of carbonyl (C=O) groups is 1. The van der Waals surface area contributed by atoms with Crippen LogP contribution in [0.3, 0.4) is 0 Å². The van der Waals surface area contributed by atoms with Gasteiger partial charge in [0.05, 0.1) is 34.0 Å². The highest BCUT2D eigenvalue weighted by Gasteiger charge is 2.20. The highest BCUT2D eigenvalue weighted by molar-refractivity contribution is 7.45. The van der Waals surface area contributed by atoms with Crippen molar-refractivity contribution in [1.82, 2.24) is 0 Å². The number of likely N-dealkylation sites (N-methyl/N-ethyl adjacent to an activating group) is 1. The van der Waals surface area contributed by atoms with E-state index in [4.69, 9.17) is 18.5 Å². The van der Waals surface area contributed by atoms with Crippen LogP contribution in [0, 0.1) is 0 Å². The average Bonchev–Trinajstić information content (AvgIpc) is 3.13. The fraction of sp³-hybridized carbons (Fsp3) is 0.804. The smallest absolute Gasteiger partial charge is 0.306 e. The van der Waals surface area contributed by atoms with Crippen molar-refractivity contribution < 1.29 is 37.3 Å². The quantitative estimate of drug-likeness (QED) is 0.0152. The Morgan fingerprint density at radius 2 is 1.02 bits per heavy atom. The minimum atomic E-state index is -4.55.